The lowest BCUT2D eigenvalue weighted by Gasteiger charge is -2.27. The molecule has 3 rings (SSSR count). The highest BCUT2D eigenvalue weighted by molar-refractivity contribution is 9.10. The average molecular weight is 567 g/mol. The van der Waals surface area contributed by atoms with Gasteiger partial charge in [0.15, 0.2) is 0 Å². The lowest BCUT2D eigenvalue weighted by molar-refractivity contribution is -0.483. The highest BCUT2D eigenvalue weighted by atomic mass is 79.9. The number of benzene rings is 3. The van der Waals surface area contributed by atoms with Crippen molar-refractivity contribution in [3.05, 3.63) is 117 Å². The standard InChI is InChI=1S/C29H31BrN2O5/c1-29(2,3)37-28(33)31(24-14-16-25(36-4)17-15-24)19-18-26(21-8-6-5-7-9-21)27(20-32(34)35)22-10-12-23(30)13-11-22/h5-19,26-27H,20H2,1-4H3/b19-18+/t26-,27-/m0/s1. The smallest absolute Gasteiger partial charge is 0.418 e. The van der Waals surface area contributed by atoms with Gasteiger partial charge in [0.2, 0.25) is 6.54 Å². The van der Waals surface area contributed by atoms with Gasteiger partial charge in [-0.15, -0.1) is 0 Å². The molecule has 0 aliphatic rings. The van der Waals surface area contributed by atoms with Crippen LogP contribution in [0.2, 0.25) is 0 Å². The molecule has 0 aliphatic heterocycles. The largest absolute Gasteiger partial charge is 0.497 e. The maximum absolute atomic E-state index is 13.2. The molecule has 3 aromatic carbocycles. The zero-order valence-corrected chi connectivity index (χ0v) is 22.9. The second-order valence-corrected chi connectivity index (χ2v) is 10.4. The fraction of sp³-hybridized carbons (Fsp3) is 0.276. The number of anilines is 1. The summed E-state index contributed by atoms with van der Waals surface area (Å²) >= 11 is 3.44. The van der Waals surface area contributed by atoms with Crippen molar-refractivity contribution < 1.29 is 19.2 Å². The van der Waals surface area contributed by atoms with Crippen LogP contribution in [0.25, 0.3) is 0 Å². The summed E-state index contributed by atoms with van der Waals surface area (Å²) < 4.78 is 11.8. The van der Waals surface area contributed by atoms with Crippen molar-refractivity contribution in [2.45, 2.75) is 38.2 Å². The Hall–Kier alpha value is -3.65. The number of amides is 1. The van der Waals surface area contributed by atoms with Crippen LogP contribution in [-0.4, -0.2) is 30.3 Å². The number of rotatable bonds is 9. The van der Waals surface area contributed by atoms with Gasteiger partial charge in [-0.05, 0) is 68.3 Å². The van der Waals surface area contributed by atoms with Gasteiger partial charge in [0.25, 0.3) is 0 Å². The third kappa shape index (κ3) is 8.18. The van der Waals surface area contributed by atoms with Crippen molar-refractivity contribution in [3.63, 3.8) is 0 Å². The molecule has 37 heavy (non-hydrogen) atoms. The van der Waals surface area contributed by atoms with E-state index in [4.69, 9.17) is 9.47 Å². The van der Waals surface area contributed by atoms with Gasteiger partial charge in [-0.3, -0.25) is 15.0 Å². The second-order valence-electron chi connectivity index (χ2n) is 9.50. The summed E-state index contributed by atoms with van der Waals surface area (Å²) in [5.41, 5.74) is 1.59. The number of halogens is 1. The summed E-state index contributed by atoms with van der Waals surface area (Å²) in [5, 5.41) is 11.7. The van der Waals surface area contributed by atoms with Gasteiger partial charge in [0.05, 0.1) is 18.7 Å². The maximum atomic E-state index is 13.2. The second kappa shape index (κ2) is 12.5. The molecule has 0 heterocycles. The minimum Gasteiger partial charge on any atom is -0.497 e. The predicted octanol–water partition coefficient (Wildman–Crippen LogP) is 7.56. The summed E-state index contributed by atoms with van der Waals surface area (Å²) in [6.07, 6.45) is 2.91. The maximum Gasteiger partial charge on any atom is 0.418 e. The van der Waals surface area contributed by atoms with E-state index in [-0.39, 0.29) is 11.5 Å². The third-order valence-electron chi connectivity index (χ3n) is 5.65. The Labute approximate surface area is 226 Å². The van der Waals surface area contributed by atoms with Crippen molar-refractivity contribution in [2.75, 3.05) is 18.6 Å². The van der Waals surface area contributed by atoms with Gasteiger partial charge in [0, 0.05) is 21.5 Å². The number of nitro groups is 1. The average Bonchev–Trinajstić information content (AvgIpc) is 2.85. The molecule has 1 amide bonds. The van der Waals surface area contributed by atoms with E-state index in [0.29, 0.717) is 11.4 Å². The molecule has 0 saturated carbocycles. The minimum atomic E-state index is -0.708. The Morgan fingerprint density at radius 2 is 1.62 bits per heavy atom. The Bertz CT molecular complexity index is 1210. The van der Waals surface area contributed by atoms with Crippen molar-refractivity contribution in [2.24, 2.45) is 0 Å². The molecule has 7 nitrogen and oxygen atoms in total. The van der Waals surface area contributed by atoms with Crippen LogP contribution in [0, 0.1) is 10.1 Å². The summed E-state index contributed by atoms with van der Waals surface area (Å²) in [7, 11) is 1.57. The number of ether oxygens (including phenoxy) is 2. The molecule has 0 fully saturated rings. The van der Waals surface area contributed by atoms with E-state index in [1.165, 1.54) is 4.90 Å². The molecule has 0 N–H and O–H groups in total. The van der Waals surface area contributed by atoms with Crippen molar-refractivity contribution in [1.29, 1.82) is 0 Å². The molecule has 8 heteroatoms. The van der Waals surface area contributed by atoms with Gasteiger partial charge in [-0.2, -0.15) is 0 Å². The predicted molar refractivity (Wildman–Crippen MR) is 149 cm³/mol. The van der Waals surface area contributed by atoms with Gasteiger partial charge in [-0.1, -0.05) is 64.5 Å². The SMILES string of the molecule is COc1ccc(N(/C=C/[C@@H](c2ccccc2)[C@@H](C[N+](=O)[O-])c2ccc(Br)cc2)C(=O)OC(C)(C)C)cc1. The van der Waals surface area contributed by atoms with E-state index in [1.54, 1.807) is 58.3 Å². The number of methoxy groups -OCH3 is 1. The van der Waals surface area contributed by atoms with Crippen LogP contribution in [0.1, 0.15) is 43.7 Å². The molecule has 0 aliphatic carbocycles. The van der Waals surface area contributed by atoms with Gasteiger partial charge < -0.3 is 9.47 Å². The summed E-state index contributed by atoms with van der Waals surface area (Å²) in [6.45, 7) is 5.12. The molecule has 2 atom stereocenters. The van der Waals surface area contributed by atoms with E-state index in [2.05, 4.69) is 15.9 Å². The first-order valence-corrected chi connectivity index (χ1v) is 12.6. The van der Waals surface area contributed by atoms with E-state index in [0.717, 1.165) is 15.6 Å². The molecule has 0 radical (unpaired) electrons. The fourth-order valence-electron chi connectivity index (χ4n) is 3.93. The van der Waals surface area contributed by atoms with Crippen LogP contribution in [0.15, 0.2) is 95.6 Å². The number of hydrogen-bond acceptors (Lipinski definition) is 5. The molecule has 0 unspecified atom stereocenters. The van der Waals surface area contributed by atoms with Crippen LogP contribution < -0.4 is 9.64 Å². The monoisotopic (exact) mass is 566 g/mol. The quantitative estimate of drug-likeness (QED) is 0.197. The lowest BCUT2D eigenvalue weighted by Crippen LogP contribution is -2.33. The first-order valence-electron chi connectivity index (χ1n) is 11.8. The first kappa shape index (κ1) is 27.9. The van der Waals surface area contributed by atoms with Crippen molar-refractivity contribution in [3.8, 4) is 5.75 Å². The Kier molecular flexibility index (Phi) is 9.47. The number of nitrogens with zero attached hydrogens (tertiary/aromatic N) is 2. The van der Waals surface area contributed by atoms with Gasteiger partial charge in [0.1, 0.15) is 11.4 Å². The molecule has 194 valence electrons. The highest BCUT2D eigenvalue weighted by Crippen LogP contribution is 2.36. The summed E-state index contributed by atoms with van der Waals surface area (Å²) in [6, 6.07) is 24.1. The van der Waals surface area contributed by atoms with Crippen LogP contribution in [0.4, 0.5) is 10.5 Å². The zero-order chi connectivity index (χ0) is 27.0. The Morgan fingerprint density at radius 1 is 1.00 bits per heavy atom. The molecule has 0 bridgehead atoms. The topological polar surface area (TPSA) is 81.9 Å². The number of carbonyl (C=O) groups excluding carboxylic acids is 1. The van der Waals surface area contributed by atoms with Crippen molar-refractivity contribution >= 4 is 27.7 Å². The molecule has 3 aromatic rings. The van der Waals surface area contributed by atoms with E-state index in [1.807, 2.05) is 60.7 Å². The molecular weight excluding hydrogens is 536 g/mol. The lowest BCUT2D eigenvalue weighted by atomic mass is 9.81. The molecule has 0 saturated heterocycles. The first-order chi connectivity index (χ1) is 17.6. The van der Waals surface area contributed by atoms with Crippen molar-refractivity contribution in [1.82, 2.24) is 0 Å². The molecular formula is C29H31BrN2O5. The summed E-state index contributed by atoms with van der Waals surface area (Å²) in [4.78, 5) is 26.1. The fourth-order valence-corrected chi connectivity index (χ4v) is 4.20. The minimum absolute atomic E-state index is 0.277. The Morgan fingerprint density at radius 3 is 2.16 bits per heavy atom. The van der Waals surface area contributed by atoms with Crippen LogP contribution in [-0.2, 0) is 4.74 Å². The van der Waals surface area contributed by atoms with E-state index >= 15 is 0 Å². The molecule has 0 aromatic heterocycles. The summed E-state index contributed by atoms with van der Waals surface area (Å²) in [5.74, 6) is -0.214. The number of hydrogen-bond donors (Lipinski definition) is 0. The zero-order valence-electron chi connectivity index (χ0n) is 21.3. The van der Waals surface area contributed by atoms with E-state index in [9.17, 15) is 14.9 Å². The van der Waals surface area contributed by atoms with Crippen LogP contribution in [0.3, 0.4) is 0 Å². The van der Waals surface area contributed by atoms with Gasteiger partial charge >= 0.3 is 6.09 Å². The number of carbonyl (C=O) groups is 1. The Balaban J connectivity index is 2.09. The third-order valence-corrected chi connectivity index (χ3v) is 6.17. The molecule has 0 spiro atoms. The normalized spacial score (nSPS) is 13.1. The van der Waals surface area contributed by atoms with E-state index < -0.39 is 23.5 Å². The number of allylic oxidation sites excluding steroid dienone is 1. The van der Waals surface area contributed by atoms with Crippen LogP contribution in [0.5, 0.6) is 5.75 Å². The van der Waals surface area contributed by atoms with Crippen LogP contribution >= 0.6 is 15.9 Å². The van der Waals surface area contributed by atoms with Gasteiger partial charge in [-0.25, -0.2) is 4.79 Å². The highest BCUT2D eigenvalue weighted by Gasteiger charge is 2.29.